The van der Waals surface area contributed by atoms with Crippen LogP contribution in [0.25, 0.3) is 0 Å². The molecule has 158 valence electrons. The van der Waals surface area contributed by atoms with E-state index in [4.69, 9.17) is 14.2 Å². The number of nitrogens with zero attached hydrogens (tertiary/aromatic N) is 3. The van der Waals surface area contributed by atoms with Gasteiger partial charge in [-0.2, -0.15) is 0 Å². The smallest absolute Gasteiger partial charge is 0.234 e. The first-order valence-electron chi connectivity index (χ1n) is 9.23. The molecular weight excluding hydrogens is 404 g/mol. The zero-order valence-electron chi connectivity index (χ0n) is 17.3. The molecular formula is C21H24N4O4S. The number of hydrogen-bond donors (Lipinski definition) is 1. The quantitative estimate of drug-likeness (QED) is 0.522. The Kier molecular flexibility index (Phi) is 7.18. The predicted molar refractivity (Wildman–Crippen MR) is 115 cm³/mol. The molecule has 0 aliphatic rings. The Labute approximate surface area is 179 Å². The van der Waals surface area contributed by atoms with E-state index in [1.807, 2.05) is 42.8 Å². The van der Waals surface area contributed by atoms with Crippen LogP contribution in [0.2, 0.25) is 0 Å². The van der Waals surface area contributed by atoms with Crippen LogP contribution in [0.3, 0.4) is 0 Å². The maximum Gasteiger partial charge on any atom is 0.234 e. The largest absolute Gasteiger partial charge is 0.497 e. The maximum atomic E-state index is 12.4. The maximum absolute atomic E-state index is 12.4. The SMILES string of the molecule is COc1ccc(NC(=O)CSc2nnc(COc3ccccc3C)n2C)c(OC)c1. The minimum atomic E-state index is -0.177. The second-order valence-corrected chi connectivity index (χ2v) is 7.36. The lowest BCUT2D eigenvalue weighted by Gasteiger charge is -2.11. The van der Waals surface area contributed by atoms with Crippen molar-refractivity contribution in [3.05, 3.63) is 53.9 Å². The molecule has 8 nitrogen and oxygen atoms in total. The molecule has 0 saturated heterocycles. The molecule has 0 spiro atoms. The Morgan fingerprint density at radius 1 is 1.10 bits per heavy atom. The van der Waals surface area contributed by atoms with Gasteiger partial charge in [-0.25, -0.2) is 0 Å². The van der Waals surface area contributed by atoms with Crippen molar-refractivity contribution in [2.45, 2.75) is 18.7 Å². The van der Waals surface area contributed by atoms with Crippen molar-refractivity contribution in [1.29, 1.82) is 0 Å². The molecule has 0 saturated carbocycles. The van der Waals surface area contributed by atoms with Crippen LogP contribution >= 0.6 is 11.8 Å². The van der Waals surface area contributed by atoms with Crippen LogP contribution in [0.15, 0.2) is 47.6 Å². The molecule has 0 aliphatic carbocycles. The third-order valence-corrected chi connectivity index (χ3v) is 5.41. The minimum absolute atomic E-state index is 0.177. The fourth-order valence-corrected chi connectivity index (χ4v) is 3.41. The predicted octanol–water partition coefficient (Wildman–Crippen LogP) is 3.45. The number of rotatable bonds is 9. The van der Waals surface area contributed by atoms with Crippen molar-refractivity contribution in [1.82, 2.24) is 14.8 Å². The van der Waals surface area contributed by atoms with Crippen molar-refractivity contribution in [3.63, 3.8) is 0 Å². The number of hydrogen-bond acceptors (Lipinski definition) is 7. The molecule has 1 heterocycles. The monoisotopic (exact) mass is 428 g/mol. The Morgan fingerprint density at radius 3 is 2.63 bits per heavy atom. The van der Waals surface area contributed by atoms with Gasteiger partial charge in [0.1, 0.15) is 23.9 Å². The first kappa shape index (κ1) is 21.5. The van der Waals surface area contributed by atoms with E-state index in [1.54, 1.807) is 32.4 Å². The summed E-state index contributed by atoms with van der Waals surface area (Å²) in [5, 5.41) is 11.8. The molecule has 1 aromatic heterocycles. The molecule has 1 N–H and O–H groups in total. The molecule has 0 radical (unpaired) electrons. The van der Waals surface area contributed by atoms with E-state index >= 15 is 0 Å². The van der Waals surface area contributed by atoms with Gasteiger partial charge in [0.05, 0.1) is 25.7 Å². The summed E-state index contributed by atoms with van der Waals surface area (Å²) in [6.07, 6.45) is 0. The van der Waals surface area contributed by atoms with Crippen LogP contribution in [-0.2, 0) is 18.4 Å². The Morgan fingerprint density at radius 2 is 1.90 bits per heavy atom. The van der Waals surface area contributed by atoms with E-state index in [-0.39, 0.29) is 11.7 Å². The van der Waals surface area contributed by atoms with Gasteiger partial charge < -0.3 is 24.1 Å². The molecule has 0 atom stereocenters. The van der Waals surface area contributed by atoms with Crippen molar-refractivity contribution >= 4 is 23.4 Å². The average Bonchev–Trinajstić information content (AvgIpc) is 3.11. The van der Waals surface area contributed by atoms with Gasteiger partial charge in [0, 0.05) is 13.1 Å². The number of thioether (sulfide) groups is 1. The zero-order valence-corrected chi connectivity index (χ0v) is 18.2. The fraction of sp³-hybridized carbons (Fsp3) is 0.286. The number of carbonyl (C=O) groups is 1. The van der Waals surface area contributed by atoms with Crippen LogP contribution in [-0.4, -0.2) is 40.6 Å². The van der Waals surface area contributed by atoms with Gasteiger partial charge in [-0.3, -0.25) is 4.79 Å². The second kappa shape index (κ2) is 10.0. The average molecular weight is 429 g/mol. The topological polar surface area (TPSA) is 87.5 Å². The number of para-hydroxylation sites is 1. The molecule has 30 heavy (non-hydrogen) atoms. The van der Waals surface area contributed by atoms with Crippen molar-refractivity contribution in [2.24, 2.45) is 7.05 Å². The molecule has 3 rings (SSSR count). The van der Waals surface area contributed by atoms with Gasteiger partial charge in [-0.15, -0.1) is 10.2 Å². The van der Waals surface area contributed by atoms with Crippen molar-refractivity contribution in [2.75, 3.05) is 25.3 Å². The molecule has 0 unspecified atom stereocenters. The summed E-state index contributed by atoms with van der Waals surface area (Å²) in [6, 6.07) is 13.0. The third-order valence-electron chi connectivity index (χ3n) is 4.39. The number of amides is 1. The van der Waals surface area contributed by atoms with Crippen molar-refractivity contribution < 1.29 is 19.0 Å². The molecule has 0 fully saturated rings. The summed E-state index contributed by atoms with van der Waals surface area (Å²) < 4.78 is 18.1. The van der Waals surface area contributed by atoms with E-state index in [9.17, 15) is 4.79 Å². The van der Waals surface area contributed by atoms with E-state index in [0.717, 1.165) is 11.3 Å². The molecule has 0 bridgehead atoms. The summed E-state index contributed by atoms with van der Waals surface area (Å²) in [7, 11) is 4.97. The van der Waals surface area contributed by atoms with E-state index in [2.05, 4.69) is 15.5 Å². The molecule has 9 heteroatoms. The molecule has 1 amide bonds. The zero-order chi connectivity index (χ0) is 21.5. The number of methoxy groups -OCH3 is 2. The summed E-state index contributed by atoms with van der Waals surface area (Å²) >= 11 is 1.30. The highest BCUT2D eigenvalue weighted by Crippen LogP contribution is 2.29. The number of nitrogens with one attached hydrogen (secondary N) is 1. The summed E-state index contributed by atoms with van der Waals surface area (Å²) in [5.41, 5.74) is 1.63. The minimum Gasteiger partial charge on any atom is -0.497 e. The van der Waals surface area contributed by atoms with E-state index in [1.165, 1.54) is 11.8 Å². The Balaban J connectivity index is 1.56. The van der Waals surface area contributed by atoms with E-state index in [0.29, 0.717) is 34.8 Å². The van der Waals surface area contributed by atoms with Gasteiger partial charge in [-0.1, -0.05) is 30.0 Å². The van der Waals surface area contributed by atoms with Crippen molar-refractivity contribution in [3.8, 4) is 17.2 Å². The van der Waals surface area contributed by atoms with Crippen LogP contribution in [0, 0.1) is 6.92 Å². The van der Waals surface area contributed by atoms with E-state index < -0.39 is 0 Å². The third kappa shape index (κ3) is 5.24. The number of benzene rings is 2. The van der Waals surface area contributed by atoms with Gasteiger partial charge in [0.2, 0.25) is 5.91 Å². The van der Waals surface area contributed by atoms with Crippen LogP contribution in [0.5, 0.6) is 17.2 Å². The highest BCUT2D eigenvalue weighted by Gasteiger charge is 2.14. The first-order chi connectivity index (χ1) is 14.5. The lowest BCUT2D eigenvalue weighted by atomic mass is 10.2. The van der Waals surface area contributed by atoms with Gasteiger partial charge in [0.25, 0.3) is 0 Å². The summed E-state index contributed by atoms with van der Waals surface area (Å²) in [6.45, 7) is 2.29. The fourth-order valence-electron chi connectivity index (χ4n) is 2.68. The number of aryl methyl sites for hydroxylation is 1. The molecule has 2 aromatic carbocycles. The Hall–Kier alpha value is -3.20. The molecule has 3 aromatic rings. The first-order valence-corrected chi connectivity index (χ1v) is 10.2. The van der Waals surface area contributed by atoms with Crippen LogP contribution in [0.1, 0.15) is 11.4 Å². The normalized spacial score (nSPS) is 10.5. The van der Waals surface area contributed by atoms with Gasteiger partial charge in [-0.05, 0) is 30.7 Å². The highest BCUT2D eigenvalue weighted by atomic mass is 32.2. The number of aromatic nitrogens is 3. The number of ether oxygens (including phenoxy) is 3. The van der Waals surface area contributed by atoms with Crippen LogP contribution < -0.4 is 19.5 Å². The second-order valence-electron chi connectivity index (χ2n) is 6.42. The van der Waals surface area contributed by atoms with Crippen LogP contribution in [0.4, 0.5) is 5.69 Å². The number of carbonyl (C=O) groups excluding carboxylic acids is 1. The lowest BCUT2D eigenvalue weighted by molar-refractivity contribution is -0.113. The highest BCUT2D eigenvalue weighted by molar-refractivity contribution is 7.99. The molecule has 0 aliphatic heterocycles. The summed E-state index contributed by atoms with van der Waals surface area (Å²) in [5.74, 6) is 2.67. The number of anilines is 1. The Bertz CT molecular complexity index is 1020. The van der Waals surface area contributed by atoms with Gasteiger partial charge >= 0.3 is 0 Å². The summed E-state index contributed by atoms with van der Waals surface area (Å²) in [4.78, 5) is 12.4. The van der Waals surface area contributed by atoms with Gasteiger partial charge in [0.15, 0.2) is 11.0 Å². The lowest BCUT2D eigenvalue weighted by Crippen LogP contribution is -2.15. The standard InChI is InChI=1S/C21H24N4O4S/c1-14-7-5-6-8-17(14)29-12-19-23-24-21(25(19)2)30-13-20(26)22-16-10-9-15(27-3)11-18(16)28-4/h5-11H,12-13H2,1-4H3,(H,22,26).